The van der Waals surface area contributed by atoms with E-state index < -0.39 is 10.0 Å². The van der Waals surface area contributed by atoms with E-state index in [1.54, 1.807) is 24.3 Å². The number of furan rings is 1. The number of nitrogens with one attached hydrogen (secondary N) is 2. The first-order valence-corrected chi connectivity index (χ1v) is 10.4. The summed E-state index contributed by atoms with van der Waals surface area (Å²) in [6.07, 6.45) is 1.47. The number of amides is 1. The van der Waals surface area contributed by atoms with Crippen molar-refractivity contribution >= 4 is 21.6 Å². The lowest BCUT2D eigenvalue weighted by Gasteiger charge is -2.11. The fraction of sp³-hybridized carbons (Fsp3) is 0.190. The average molecular weight is 414 g/mol. The molecular weight excluding hydrogens is 392 g/mol. The van der Waals surface area contributed by atoms with Crippen molar-refractivity contribution in [3.63, 3.8) is 0 Å². The van der Waals surface area contributed by atoms with Crippen LogP contribution in [0.25, 0.3) is 0 Å². The van der Waals surface area contributed by atoms with Gasteiger partial charge in [-0.2, -0.15) is 0 Å². The van der Waals surface area contributed by atoms with E-state index in [0.29, 0.717) is 17.2 Å². The van der Waals surface area contributed by atoms with Crippen LogP contribution in [0, 0.1) is 13.8 Å². The maximum atomic E-state index is 12.5. The summed E-state index contributed by atoms with van der Waals surface area (Å²) in [7, 11) is -3.75. The minimum absolute atomic E-state index is 0.0374. The van der Waals surface area contributed by atoms with Crippen molar-refractivity contribution in [1.82, 2.24) is 4.72 Å². The van der Waals surface area contributed by atoms with E-state index in [9.17, 15) is 13.2 Å². The number of hydrogen-bond donors (Lipinski definition) is 2. The second-order valence-corrected chi connectivity index (χ2v) is 8.30. The Morgan fingerprint density at radius 1 is 1.07 bits per heavy atom. The molecule has 2 N–H and O–H groups in total. The molecule has 1 heterocycles. The van der Waals surface area contributed by atoms with Crippen molar-refractivity contribution in [2.45, 2.75) is 25.3 Å². The largest absolute Gasteiger partial charge is 0.483 e. The summed E-state index contributed by atoms with van der Waals surface area (Å²) in [5.41, 5.74) is 2.41. The normalized spacial score (nSPS) is 11.2. The van der Waals surface area contributed by atoms with E-state index in [4.69, 9.17) is 9.15 Å². The van der Waals surface area contributed by atoms with Gasteiger partial charge in [-0.05, 0) is 55.8 Å². The van der Waals surface area contributed by atoms with Crippen LogP contribution in [-0.4, -0.2) is 20.9 Å². The number of hydrogen-bond acceptors (Lipinski definition) is 5. The van der Waals surface area contributed by atoms with E-state index in [1.165, 1.54) is 18.4 Å². The number of anilines is 1. The first-order valence-electron chi connectivity index (χ1n) is 8.95. The molecule has 7 nitrogen and oxygen atoms in total. The second-order valence-electron chi connectivity index (χ2n) is 6.54. The van der Waals surface area contributed by atoms with Gasteiger partial charge in [0.15, 0.2) is 6.61 Å². The molecule has 0 radical (unpaired) electrons. The molecule has 0 atom stereocenters. The Labute approximate surface area is 169 Å². The van der Waals surface area contributed by atoms with Gasteiger partial charge in [-0.3, -0.25) is 4.79 Å². The maximum Gasteiger partial charge on any atom is 0.262 e. The molecule has 1 aromatic heterocycles. The van der Waals surface area contributed by atoms with E-state index in [-0.39, 0.29) is 24.0 Å². The molecular formula is C21H22N2O5S. The Kier molecular flexibility index (Phi) is 6.36. The summed E-state index contributed by atoms with van der Waals surface area (Å²) >= 11 is 0. The lowest BCUT2D eigenvalue weighted by Crippen LogP contribution is -2.24. The summed E-state index contributed by atoms with van der Waals surface area (Å²) in [5.74, 6) is 0.744. The van der Waals surface area contributed by atoms with Crippen LogP contribution in [-0.2, 0) is 21.4 Å². The highest BCUT2D eigenvalue weighted by molar-refractivity contribution is 7.89. The van der Waals surface area contributed by atoms with Crippen molar-refractivity contribution in [1.29, 1.82) is 0 Å². The highest BCUT2D eigenvalue weighted by Crippen LogP contribution is 2.19. The Balaban J connectivity index is 1.60. The molecule has 0 fully saturated rings. The van der Waals surface area contributed by atoms with Gasteiger partial charge < -0.3 is 14.5 Å². The van der Waals surface area contributed by atoms with E-state index in [0.717, 1.165) is 11.1 Å². The van der Waals surface area contributed by atoms with Gasteiger partial charge in [0.25, 0.3) is 5.91 Å². The third-order valence-electron chi connectivity index (χ3n) is 4.13. The Bertz CT molecular complexity index is 1090. The van der Waals surface area contributed by atoms with Crippen LogP contribution in [0.2, 0.25) is 0 Å². The van der Waals surface area contributed by atoms with E-state index in [2.05, 4.69) is 10.0 Å². The van der Waals surface area contributed by atoms with Crippen molar-refractivity contribution in [3.05, 3.63) is 77.7 Å². The van der Waals surface area contributed by atoms with Gasteiger partial charge in [0, 0.05) is 5.69 Å². The van der Waals surface area contributed by atoms with E-state index in [1.807, 2.05) is 32.0 Å². The van der Waals surface area contributed by atoms with Gasteiger partial charge in [-0.15, -0.1) is 0 Å². The summed E-state index contributed by atoms with van der Waals surface area (Å²) in [5, 5.41) is 2.65. The lowest BCUT2D eigenvalue weighted by atomic mass is 10.1. The van der Waals surface area contributed by atoms with Crippen LogP contribution in [0.3, 0.4) is 0 Å². The van der Waals surface area contributed by atoms with Crippen molar-refractivity contribution < 1.29 is 22.4 Å². The molecule has 0 bridgehead atoms. The lowest BCUT2D eigenvalue weighted by molar-refractivity contribution is -0.118. The standard InChI is InChI=1S/C21H22N2O5S/c1-15-8-9-20(16(2)11-15)28-14-21(24)23-17-5-3-7-19(12-17)29(25,26)22-13-18-6-4-10-27-18/h3-12,22H,13-14H2,1-2H3,(H,23,24). The monoisotopic (exact) mass is 414 g/mol. The van der Waals surface area contributed by atoms with Crippen molar-refractivity contribution in [3.8, 4) is 5.75 Å². The average Bonchev–Trinajstić information content (AvgIpc) is 3.20. The Morgan fingerprint density at radius 3 is 2.62 bits per heavy atom. The number of sulfonamides is 1. The van der Waals surface area contributed by atoms with Crippen molar-refractivity contribution in [2.24, 2.45) is 0 Å². The number of carbonyl (C=O) groups excluding carboxylic acids is 1. The van der Waals surface area contributed by atoms with Crippen LogP contribution < -0.4 is 14.8 Å². The topological polar surface area (TPSA) is 97.6 Å². The number of aryl methyl sites for hydroxylation is 2. The molecule has 1 amide bonds. The van der Waals surface area contributed by atoms with Gasteiger partial charge in [0.1, 0.15) is 11.5 Å². The molecule has 0 aliphatic carbocycles. The molecule has 0 spiro atoms. The molecule has 29 heavy (non-hydrogen) atoms. The molecule has 0 saturated carbocycles. The van der Waals surface area contributed by atoms with Gasteiger partial charge in [-0.1, -0.05) is 23.8 Å². The van der Waals surface area contributed by atoms with Crippen LogP contribution in [0.4, 0.5) is 5.69 Å². The third kappa shape index (κ3) is 5.69. The van der Waals surface area contributed by atoms with Gasteiger partial charge in [0.05, 0.1) is 17.7 Å². The quantitative estimate of drug-likeness (QED) is 0.589. The second kappa shape index (κ2) is 8.93. The summed E-state index contributed by atoms with van der Waals surface area (Å²) < 4.78 is 38.0. The number of benzene rings is 2. The van der Waals surface area contributed by atoms with Gasteiger partial charge in [-0.25, -0.2) is 13.1 Å². The maximum absolute atomic E-state index is 12.5. The molecule has 0 unspecified atom stereocenters. The predicted octanol–water partition coefficient (Wildman–Crippen LogP) is 3.39. The molecule has 0 saturated heterocycles. The highest BCUT2D eigenvalue weighted by Gasteiger charge is 2.15. The smallest absolute Gasteiger partial charge is 0.262 e. The molecule has 2 aromatic carbocycles. The van der Waals surface area contributed by atoms with Gasteiger partial charge in [0.2, 0.25) is 10.0 Å². The molecule has 8 heteroatoms. The summed E-state index contributed by atoms with van der Waals surface area (Å²) in [6, 6.07) is 15.1. The zero-order valence-electron chi connectivity index (χ0n) is 16.1. The van der Waals surface area contributed by atoms with Crippen LogP contribution in [0.1, 0.15) is 16.9 Å². The summed E-state index contributed by atoms with van der Waals surface area (Å²) in [4.78, 5) is 12.2. The number of carbonyl (C=O) groups is 1. The van der Waals surface area contributed by atoms with Crippen LogP contribution in [0.15, 0.2) is 70.2 Å². The molecule has 152 valence electrons. The Hall–Kier alpha value is -3.10. The molecule has 3 aromatic rings. The minimum Gasteiger partial charge on any atom is -0.483 e. The zero-order chi connectivity index (χ0) is 20.9. The molecule has 0 aliphatic rings. The minimum atomic E-state index is -3.75. The predicted molar refractivity (Wildman–Crippen MR) is 109 cm³/mol. The fourth-order valence-corrected chi connectivity index (χ4v) is 3.74. The van der Waals surface area contributed by atoms with Crippen LogP contribution >= 0.6 is 0 Å². The Morgan fingerprint density at radius 2 is 1.90 bits per heavy atom. The zero-order valence-corrected chi connectivity index (χ0v) is 17.0. The van der Waals surface area contributed by atoms with Crippen molar-refractivity contribution in [2.75, 3.05) is 11.9 Å². The summed E-state index contributed by atoms with van der Waals surface area (Å²) in [6.45, 7) is 3.74. The molecule has 0 aliphatic heterocycles. The first-order chi connectivity index (χ1) is 13.8. The first kappa shape index (κ1) is 20.6. The third-order valence-corrected chi connectivity index (χ3v) is 5.53. The highest BCUT2D eigenvalue weighted by atomic mass is 32.2. The molecule has 3 rings (SSSR count). The van der Waals surface area contributed by atoms with E-state index >= 15 is 0 Å². The SMILES string of the molecule is Cc1ccc(OCC(=O)Nc2cccc(S(=O)(=O)NCc3ccco3)c2)c(C)c1. The fourth-order valence-electron chi connectivity index (χ4n) is 2.71. The van der Waals surface area contributed by atoms with Crippen LogP contribution in [0.5, 0.6) is 5.75 Å². The van der Waals surface area contributed by atoms with Gasteiger partial charge >= 0.3 is 0 Å². The number of rotatable bonds is 8. The number of ether oxygens (including phenoxy) is 1.